The smallest absolute Gasteiger partial charge is 0.241 e. The van der Waals surface area contributed by atoms with Gasteiger partial charge < -0.3 is 20.3 Å². The number of carbonyl (C=O) groups is 1. The Labute approximate surface area is 158 Å². The second-order valence-electron chi connectivity index (χ2n) is 4.83. The molecule has 1 fully saturated rings. The molecule has 1 aromatic rings. The fourth-order valence-electron chi connectivity index (χ4n) is 2.26. The monoisotopic (exact) mass is 404 g/mol. The first kappa shape index (κ1) is 22.5. The van der Waals surface area contributed by atoms with Crippen molar-refractivity contribution in [2.75, 3.05) is 44.8 Å². The van der Waals surface area contributed by atoms with Gasteiger partial charge in [0.05, 0.1) is 16.7 Å². The Hall–Kier alpha value is -0.500. The molecular weight excluding hydrogens is 386 g/mol. The topological polar surface area (TPSA) is 71.7 Å². The van der Waals surface area contributed by atoms with Crippen molar-refractivity contribution in [2.24, 2.45) is 5.73 Å². The first-order valence-electron chi connectivity index (χ1n) is 6.62. The number of aromatic nitrogens is 1. The zero-order chi connectivity index (χ0) is 15.4. The van der Waals surface area contributed by atoms with Gasteiger partial charge in [0.15, 0.2) is 0 Å². The molecule has 0 radical (unpaired) electrons. The Balaban J connectivity index is 0.00000242. The Kier molecular flexibility index (Phi) is 10.2. The van der Waals surface area contributed by atoms with Crippen LogP contribution in [-0.4, -0.2) is 61.7 Å². The van der Waals surface area contributed by atoms with E-state index >= 15 is 0 Å². The van der Waals surface area contributed by atoms with Crippen molar-refractivity contribution in [3.8, 4) is 0 Å². The Morgan fingerprint density at radius 2 is 1.96 bits per heavy atom. The molecule has 132 valence electrons. The number of ether oxygens (including phenoxy) is 1. The average Bonchev–Trinajstić information content (AvgIpc) is 2.47. The van der Waals surface area contributed by atoms with E-state index in [1.165, 1.54) is 7.11 Å². The van der Waals surface area contributed by atoms with E-state index in [0.717, 1.165) is 0 Å². The van der Waals surface area contributed by atoms with Crippen LogP contribution in [0.3, 0.4) is 0 Å². The first-order chi connectivity index (χ1) is 10.0. The van der Waals surface area contributed by atoms with Gasteiger partial charge >= 0.3 is 0 Å². The predicted octanol–water partition coefficient (Wildman–Crippen LogP) is 1.85. The van der Waals surface area contributed by atoms with Crippen molar-refractivity contribution in [2.45, 2.75) is 6.04 Å². The van der Waals surface area contributed by atoms with Gasteiger partial charge in [-0.25, -0.2) is 4.98 Å². The number of hydrogen-bond acceptors (Lipinski definition) is 5. The number of anilines is 1. The van der Waals surface area contributed by atoms with Gasteiger partial charge in [-0.3, -0.25) is 4.79 Å². The molecule has 0 spiro atoms. The zero-order valence-corrected chi connectivity index (χ0v) is 15.7. The highest BCUT2D eigenvalue weighted by Gasteiger charge is 2.26. The van der Waals surface area contributed by atoms with Crippen LogP contribution in [-0.2, 0) is 9.53 Å². The van der Waals surface area contributed by atoms with E-state index < -0.39 is 6.04 Å². The van der Waals surface area contributed by atoms with Crippen LogP contribution in [0.4, 0.5) is 5.82 Å². The van der Waals surface area contributed by atoms with Crippen LogP contribution < -0.4 is 10.6 Å². The summed E-state index contributed by atoms with van der Waals surface area (Å²) < 4.78 is 4.91. The highest BCUT2D eigenvalue weighted by atomic mass is 35.5. The van der Waals surface area contributed by atoms with Crippen molar-refractivity contribution in [3.63, 3.8) is 0 Å². The molecule has 1 aromatic heterocycles. The Bertz CT molecular complexity index is 513. The highest BCUT2D eigenvalue weighted by Crippen LogP contribution is 2.26. The quantitative estimate of drug-likeness (QED) is 0.827. The second-order valence-corrected chi connectivity index (χ2v) is 5.68. The fourth-order valence-corrected chi connectivity index (χ4v) is 2.76. The molecule has 1 unspecified atom stereocenters. The normalized spacial score (nSPS) is 15.5. The van der Waals surface area contributed by atoms with Gasteiger partial charge in [-0.05, 0) is 6.07 Å². The zero-order valence-electron chi connectivity index (χ0n) is 12.6. The largest absolute Gasteiger partial charge is 0.383 e. The molecule has 23 heavy (non-hydrogen) atoms. The maximum atomic E-state index is 12.1. The number of amides is 1. The third kappa shape index (κ3) is 5.81. The number of halogens is 4. The first-order valence-corrected chi connectivity index (χ1v) is 7.38. The Morgan fingerprint density at radius 1 is 1.35 bits per heavy atom. The van der Waals surface area contributed by atoms with Crippen molar-refractivity contribution in [3.05, 3.63) is 22.3 Å². The molecule has 1 saturated heterocycles. The lowest BCUT2D eigenvalue weighted by Gasteiger charge is -2.36. The van der Waals surface area contributed by atoms with E-state index in [9.17, 15) is 4.79 Å². The molecule has 0 aliphatic carbocycles. The highest BCUT2D eigenvalue weighted by molar-refractivity contribution is 6.36. The summed E-state index contributed by atoms with van der Waals surface area (Å²) in [6, 6.07) is 1.05. The molecule has 2 heterocycles. The van der Waals surface area contributed by atoms with Crippen molar-refractivity contribution in [1.29, 1.82) is 0 Å². The Morgan fingerprint density at radius 3 is 2.48 bits per heavy atom. The number of hydrogen-bond donors (Lipinski definition) is 1. The lowest BCUT2D eigenvalue weighted by atomic mass is 10.2. The van der Waals surface area contributed by atoms with Gasteiger partial charge in [-0.1, -0.05) is 23.2 Å². The third-order valence-electron chi connectivity index (χ3n) is 3.34. The van der Waals surface area contributed by atoms with Crippen LogP contribution in [0.15, 0.2) is 12.3 Å². The molecule has 1 aliphatic rings. The minimum atomic E-state index is -0.612. The van der Waals surface area contributed by atoms with Crippen LogP contribution in [0.5, 0.6) is 0 Å². The van der Waals surface area contributed by atoms with Crippen molar-refractivity contribution in [1.82, 2.24) is 9.88 Å². The molecular formula is C13H20Cl4N4O2. The van der Waals surface area contributed by atoms with Gasteiger partial charge in [-0.2, -0.15) is 0 Å². The number of carbonyl (C=O) groups excluding carboxylic acids is 1. The minimum Gasteiger partial charge on any atom is -0.383 e. The summed E-state index contributed by atoms with van der Waals surface area (Å²) in [5, 5.41) is 1.02. The average molecular weight is 406 g/mol. The number of rotatable bonds is 4. The third-order valence-corrected chi connectivity index (χ3v) is 3.83. The number of methoxy groups -OCH3 is 1. The van der Waals surface area contributed by atoms with E-state index in [2.05, 4.69) is 4.98 Å². The summed E-state index contributed by atoms with van der Waals surface area (Å²) in [4.78, 5) is 20.1. The molecule has 0 saturated carbocycles. The number of piperazine rings is 1. The van der Waals surface area contributed by atoms with E-state index in [1.54, 1.807) is 17.2 Å². The van der Waals surface area contributed by atoms with Crippen LogP contribution in [0, 0.1) is 0 Å². The van der Waals surface area contributed by atoms with Crippen LogP contribution in [0.25, 0.3) is 0 Å². The van der Waals surface area contributed by atoms with Crippen LogP contribution in [0.1, 0.15) is 0 Å². The second kappa shape index (κ2) is 10.4. The number of nitrogens with two attached hydrogens (primary N) is 1. The summed E-state index contributed by atoms with van der Waals surface area (Å²) in [5.41, 5.74) is 5.77. The lowest BCUT2D eigenvalue weighted by Crippen LogP contribution is -2.54. The van der Waals surface area contributed by atoms with Gasteiger partial charge in [0.1, 0.15) is 11.9 Å². The lowest BCUT2D eigenvalue weighted by molar-refractivity contribution is -0.134. The summed E-state index contributed by atoms with van der Waals surface area (Å²) in [6.45, 7) is 2.69. The summed E-state index contributed by atoms with van der Waals surface area (Å²) in [5.74, 6) is 0.598. The molecule has 1 amide bonds. The molecule has 2 N–H and O–H groups in total. The van der Waals surface area contributed by atoms with E-state index in [1.807, 2.05) is 4.90 Å². The number of nitrogens with zero attached hydrogens (tertiary/aromatic N) is 3. The molecule has 1 aliphatic heterocycles. The molecule has 0 bridgehead atoms. The molecule has 6 nitrogen and oxygen atoms in total. The van der Waals surface area contributed by atoms with Crippen molar-refractivity contribution >= 4 is 59.7 Å². The summed E-state index contributed by atoms with van der Waals surface area (Å²) in [6.07, 6.45) is 1.56. The molecule has 0 aromatic carbocycles. The van der Waals surface area contributed by atoms with Crippen LogP contribution in [0.2, 0.25) is 10.0 Å². The molecule has 10 heteroatoms. The van der Waals surface area contributed by atoms with Gasteiger partial charge in [0.25, 0.3) is 0 Å². The van der Waals surface area contributed by atoms with Crippen LogP contribution >= 0.6 is 48.0 Å². The van der Waals surface area contributed by atoms with Gasteiger partial charge in [-0.15, -0.1) is 24.8 Å². The number of pyridine rings is 1. The van der Waals surface area contributed by atoms with E-state index in [0.29, 0.717) is 42.0 Å². The van der Waals surface area contributed by atoms with E-state index in [-0.39, 0.29) is 37.3 Å². The molecule has 2 rings (SSSR count). The fraction of sp³-hybridized carbons (Fsp3) is 0.538. The standard InChI is InChI=1S/C13H18Cl2N4O2.2ClH/c1-21-8-11(16)13(20)19-4-2-18(3-5-19)12-10(15)6-9(14)7-17-12;;/h6-7,11H,2-5,8,16H2,1H3;2*1H. The van der Waals surface area contributed by atoms with Gasteiger partial charge in [0.2, 0.25) is 5.91 Å². The van der Waals surface area contributed by atoms with Gasteiger partial charge in [0, 0.05) is 39.5 Å². The SMILES string of the molecule is COCC(N)C(=O)N1CCN(c2ncc(Cl)cc2Cl)CC1.Cl.Cl. The van der Waals surface area contributed by atoms with E-state index in [4.69, 9.17) is 33.7 Å². The summed E-state index contributed by atoms with van der Waals surface area (Å²) >= 11 is 12.0. The minimum absolute atomic E-state index is 0. The summed E-state index contributed by atoms with van der Waals surface area (Å²) in [7, 11) is 1.53. The maximum Gasteiger partial charge on any atom is 0.241 e. The maximum absolute atomic E-state index is 12.1. The van der Waals surface area contributed by atoms with Crippen molar-refractivity contribution < 1.29 is 9.53 Å². The predicted molar refractivity (Wildman–Crippen MR) is 97.4 cm³/mol. The molecule has 1 atom stereocenters.